The molecule has 0 atom stereocenters. The van der Waals surface area contributed by atoms with E-state index in [4.69, 9.17) is 0 Å². The number of nitrogens with one attached hydrogen (secondary N) is 1. The van der Waals surface area contributed by atoms with Crippen molar-refractivity contribution in [3.05, 3.63) is 104 Å². The largest absolute Gasteiger partial charge is 0.310 e. The van der Waals surface area contributed by atoms with Crippen molar-refractivity contribution >= 4 is 5.57 Å². The van der Waals surface area contributed by atoms with Gasteiger partial charge in [-0.05, 0) is 16.7 Å². The van der Waals surface area contributed by atoms with Crippen molar-refractivity contribution in [2.24, 2.45) is 0 Å². The summed E-state index contributed by atoms with van der Waals surface area (Å²) in [6, 6.07) is 20.5. The molecule has 0 unspecified atom stereocenters. The van der Waals surface area contributed by atoms with Crippen LogP contribution in [0.15, 0.2) is 92.6 Å². The van der Waals surface area contributed by atoms with Gasteiger partial charge in [0, 0.05) is 13.1 Å². The average Bonchev–Trinajstić information content (AvgIpc) is 2.57. The molecule has 108 valence electrons. The Morgan fingerprint density at radius 2 is 1.14 bits per heavy atom. The molecule has 2 aromatic rings. The second-order valence-corrected chi connectivity index (χ2v) is 4.45. The lowest BCUT2D eigenvalue weighted by Gasteiger charge is -2.04. The van der Waals surface area contributed by atoms with Crippen LogP contribution in [0.25, 0.3) is 5.57 Å². The predicted molar refractivity (Wildman–Crippen MR) is 94.3 cm³/mol. The van der Waals surface area contributed by atoms with Crippen LogP contribution in [0.4, 0.5) is 0 Å². The lowest BCUT2D eigenvalue weighted by atomic mass is 10.0. The van der Waals surface area contributed by atoms with E-state index in [1.807, 2.05) is 48.6 Å². The van der Waals surface area contributed by atoms with Crippen LogP contribution in [-0.4, -0.2) is 13.1 Å². The molecule has 0 aliphatic rings. The number of rotatable bonds is 6. The van der Waals surface area contributed by atoms with Gasteiger partial charge in [-0.3, -0.25) is 0 Å². The van der Waals surface area contributed by atoms with E-state index >= 15 is 0 Å². The summed E-state index contributed by atoms with van der Waals surface area (Å²) in [6.07, 6.45) is 3.65. The maximum Gasteiger partial charge on any atom is 0.0135 e. The topological polar surface area (TPSA) is 12.0 Å². The lowest BCUT2D eigenvalue weighted by molar-refractivity contribution is 0.845. The highest BCUT2D eigenvalue weighted by molar-refractivity contribution is 5.77. The highest BCUT2D eigenvalue weighted by Gasteiger charge is 1.99. The Morgan fingerprint density at radius 1 is 0.762 bits per heavy atom. The molecule has 0 heterocycles. The van der Waals surface area contributed by atoms with Crippen LogP contribution in [0.1, 0.15) is 11.1 Å². The van der Waals surface area contributed by atoms with Crippen LogP contribution in [0, 0.1) is 0 Å². The third-order valence-electron chi connectivity index (χ3n) is 2.82. The first kappa shape index (κ1) is 16.7. The second kappa shape index (κ2) is 10.4. The van der Waals surface area contributed by atoms with Gasteiger partial charge < -0.3 is 5.32 Å². The molecule has 0 aliphatic heterocycles. The summed E-state index contributed by atoms with van der Waals surface area (Å²) in [4.78, 5) is 0. The maximum atomic E-state index is 4.10. The van der Waals surface area contributed by atoms with Crippen molar-refractivity contribution < 1.29 is 0 Å². The van der Waals surface area contributed by atoms with Gasteiger partial charge in [0.15, 0.2) is 0 Å². The molecular weight excluding hydrogens is 254 g/mol. The van der Waals surface area contributed by atoms with Crippen molar-refractivity contribution in [2.75, 3.05) is 13.1 Å². The van der Waals surface area contributed by atoms with Crippen molar-refractivity contribution in [2.45, 2.75) is 0 Å². The fraction of sp³-hybridized carbons (Fsp3) is 0.100. The maximum absolute atomic E-state index is 4.10. The Bertz CT molecular complexity index is 491. The third kappa shape index (κ3) is 6.55. The van der Waals surface area contributed by atoms with E-state index in [1.165, 1.54) is 11.1 Å². The molecule has 1 heteroatoms. The van der Waals surface area contributed by atoms with Gasteiger partial charge >= 0.3 is 0 Å². The summed E-state index contributed by atoms with van der Waals surface area (Å²) < 4.78 is 0. The number of hydrogen-bond acceptors (Lipinski definition) is 1. The number of hydrogen-bond donors (Lipinski definition) is 1. The van der Waals surface area contributed by atoms with E-state index < -0.39 is 0 Å². The molecule has 1 N–H and O–H groups in total. The Hall–Kier alpha value is -2.38. The summed E-state index contributed by atoms with van der Waals surface area (Å²) in [5.41, 5.74) is 3.43. The van der Waals surface area contributed by atoms with E-state index in [0.29, 0.717) is 0 Å². The third-order valence-corrected chi connectivity index (χ3v) is 2.82. The van der Waals surface area contributed by atoms with Gasteiger partial charge in [0.05, 0.1) is 0 Å². The fourth-order valence-electron chi connectivity index (χ4n) is 1.73. The zero-order valence-electron chi connectivity index (χ0n) is 12.5. The van der Waals surface area contributed by atoms with Crippen molar-refractivity contribution in [3.8, 4) is 0 Å². The minimum atomic E-state index is 0.867. The summed E-state index contributed by atoms with van der Waals surface area (Å²) in [5.74, 6) is 0. The number of benzene rings is 2. The zero-order chi connectivity index (χ0) is 15.3. The molecule has 0 spiro atoms. The molecule has 0 saturated heterocycles. The molecule has 2 rings (SSSR count). The first-order chi connectivity index (χ1) is 10.3. The quantitative estimate of drug-likeness (QED) is 0.596. The minimum absolute atomic E-state index is 0.867. The van der Waals surface area contributed by atoms with Gasteiger partial charge in [0.2, 0.25) is 0 Å². The minimum Gasteiger partial charge on any atom is -0.310 e. The molecule has 1 nitrogen and oxygen atoms in total. The fourth-order valence-corrected chi connectivity index (χ4v) is 1.73. The summed E-state index contributed by atoms with van der Waals surface area (Å²) in [7, 11) is 0. The van der Waals surface area contributed by atoms with Gasteiger partial charge in [-0.1, -0.05) is 79.4 Å². The smallest absolute Gasteiger partial charge is 0.0135 e. The molecule has 0 aliphatic carbocycles. The van der Waals surface area contributed by atoms with E-state index in [-0.39, 0.29) is 0 Å². The first-order valence-electron chi connectivity index (χ1n) is 7.02. The van der Waals surface area contributed by atoms with E-state index in [1.54, 1.807) is 0 Å². The van der Waals surface area contributed by atoms with Crippen molar-refractivity contribution in [1.82, 2.24) is 5.32 Å². The molecule has 0 saturated carbocycles. The molecule has 0 fully saturated rings. The lowest BCUT2D eigenvalue weighted by Crippen LogP contribution is -2.11. The molecular formula is C20H23N. The van der Waals surface area contributed by atoms with Crippen LogP contribution in [0.5, 0.6) is 0 Å². The second-order valence-electron chi connectivity index (χ2n) is 4.45. The van der Waals surface area contributed by atoms with Crippen LogP contribution in [-0.2, 0) is 0 Å². The molecule has 0 amide bonds. The van der Waals surface area contributed by atoms with Crippen LogP contribution < -0.4 is 5.32 Å². The van der Waals surface area contributed by atoms with Crippen LogP contribution in [0.2, 0.25) is 0 Å². The zero-order valence-corrected chi connectivity index (χ0v) is 12.5. The molecule has 0 aromatic heterocycles. The molecule has 0 radical (unpaired) electrons. The standard InChI is InChI=1S/C14H12.C6H11N/c1-12(13-8-4-2-5-9-13)14-10-6-3-7-11-14;1-3-5-7-6-4-2/h2-11H,1H2;3-4,7H,1-2,5-6H2. The van der Waals surface area contributed by atoms with Gasteiger partial charge in [-0.15, -0.1) is 13.2 Å². The Morgan fingerprint density at radius 3 is 1.48 bits per heavy atom. The van der Waals surface area contributed by atoms with Crippen LogP contribution in [0.3, 0.4) is 0 Å². The Labute approximate surface area is 128 Å². The van der Waals surface area contributed by atoms with Gasteiger partial charge in [-0.25, -0.2) is 0 Å². The highest BCUT2D eigenvalue weighted by Crippen LogP contribution is 2.20. The van der Waals surface area contributed by atoms with Gasteiger partial charge in [0.25, 0.3) is 0 Å². The Balaban J connectivity index is 0.000000270. The van der Waals surface area contributed by atoms with E-state index in [2.05, 4.69) is 49.3 Å². The molecule has 21 heavy (non-hydrogen) atoms. The van der Waals surface area contributed by atoms with Crippen molar-refractivity contribution in [1.29, 1.82) is 0 Å². The summed E-state index contributed by atoms with van der Waals surface area (Å²) in [5, 5.41) is 3.05. The van der Waals surface area contributed by atoms with Crippen molar-refractivity contribution in [3.63, 3.8) is 0 Å². The Kier molecular flexibility index (Phi) is 8.27. The normalized spacial score (nSPS) is 9.14. The summed E-state index contributed by atoms with van der Waals surface area (Å²) in [6.45, 7) is 12.9. The summed E-state index contributed by atoms with van der Waals surface area (Å²) >= 11 is 0. The van der Waals surface area contributed by atoms with Gasteiger partial charge in [-0.2, -0.15) is 0 Å². The molecule has 0 bridgehead atoms. The van der Waals surface area contributed by atoms with Gasteiger partial charge in [0.1, 0.15) is 0 Å². The monoisotopic (exact) mass is 277 g/mol. The first-order valence-corrected chi connectivity index (χ1v) is 7.02. The highest BCUT2D eigenvalue weighted by atomic mass is 14.8. The van der Waals surface area contributed by atoms with E-state index in [0.717, 1.165) is 18.7 Å². The SMILES string of the molecule is C=C(c1ccccc1)c1ccccc1.C=CCNCC=C. The van der Waals surface area contributed by atoms with E-state index in [9.17, 15) is 0 Å². The molecule has 2 aromatic carbocycles. The van der Waals surface area contributed by atoms with Crippen LogP contribution >= 0.6 is 0 Å². The average molecular weight is 277 g/mol. The predicted octanol–water partition coefficient (Wildman–Crippen LogP) is 4.70.